The minimum absolute atomic E-state index is 0.148. The third kappa shape index (κ3) is 3.00. The molecule has 1 aliphatic carbocycles. The molecule has 1 aromatic carbocycles. The smallest absolute Gasteiger partial charge is 0.276 e. The van der Waals surface area contributed by atoms with Crippen LogP contribution in [0.15, 0.2) is 24.3 Å². The number of rotatable bonds is 3. The molecule has 3 N–H and O–H groups in total. The molecule has 3 rings (SSSR count). The van der Waals surface area contributed by atoms with E-state index < -0.39 is 0 Å². The maximum atomic E-state index is 12.4. The standard InChI is InChI=1S/C16H18N4O2/c1-10(21)17-11-5-4-6-12(9-11)18-16(22)15-13-7-2-3-8-14(13)19-20-15/h4-6,9H,2-3,7-8H2,1H3,(H,17,21)(H,18,22)(H,19,20). The molecular formula is C16H18N4O2. The predicted molar refractivity (Wildman–Crippen MR) is 83.9 cm³/mol. The number of anilines is 2. The normalized spacial score (nSPS) is 13.3. The fourth-order valence-electron chi connectivity index (χ4n) is 2.74. The van der Waals surface area contributed by atoms with Crippen molar-refractivity contribution in [2.75, 3.05) is 10.6 Å². The highest BCUT2D eigenvalue weighted by Gasteiger charge is 2.21. The van der Waals surface area contributed by atoms with E-state index in [1.54, 1.807) is 24.3 Å². The lowest BCUT2D eigenvalue weighted by Crippen LogP contribution is -2.16. The van der Waals surface area contributed by atoms with Crippen LogP contribution in [0.3, 0.4) is 0 Å². The van der Waals surface area contributed by atoms with Crippen LogP contribution in [0.5, 0.6) is 0 Å². The Balaban J connectivity index is 1.77. The van der Waals surface area contributed by atoms with Crippen LogP contribution in [-0.4, -0.2) is 22.0 Å². The van der Waals surface area contributed by atoms with Crippen molar-refractivity contribution < 1.29 is 9.59 Å². The lowest BCUT2D eigenvalue weighted by atomic mass is 9.96. The second kappa shape index (κ2) is 6.01. The lowest BCUT2D eigenvalue weighted by molar-refractivity contribution is -0.114. The highest BCUT2D eigenvalue weighted by atomic mass is 16.2. The average Bonchev–Trinajstić information content (AvgIpc) is 2.91. The molecule has 0 spiro atoms. The number of H-pyrrole nitrogens is 1. The van der Waals surface area contributed by atoms with Crippen LogP contribution < -0.4 is 10.6 Å². The van der Waals surface area contributed by atoms with Crippen LogP contribution in [0, 0.1) is 0 Å². The Morgan fingerprint density at radius 1 is 1.14 bits per heavy atom. The predicted octanol–water partition coefficient (Wildman–Crippen LogP) is 2.50. The summed E-state index contributed by atoms with van der Waals surface area (Å²) in [4.78, 5) is 23.5. The second-order valence-electron chi connectivity index (χ2n) is 5.45. The minimum atomic E-state index is -0.223. The number of aromatic amines is 1. The summed E-state index contributed by atoms with van der Waals surface area (Å²) in [5.41, 5.74) is 3.85. The summed E-state index contributed by atoms with van der Waals surface area (Å²) in [6.07, 6.45) is 4.06. The zero-order chi connectivity index (χ0) is 15.5. The van der Waals surface area contributed by atoms with Crippen molar-refractivity contribution in [3.63, 3.8) is 0 Å². The van der Waals surface area contributed by atoms with E-state index in [2.05, 4.69) is 20.8 Å². The van der Waals surface area contributed by atoms with Gasteiger partial charge in [0, 0.05) is 29.6 Å². The Morgan fingerprint density at radius 3 is 2.64 bits per heavy atom. The van der Waals surface area contributed by atoms with E-state index in [-0.39, 0.29) is 11.8 Å². The number of aryl methyl sites for hydroxylation is 1. The largest absolute Gasteiger partial charge is 0.326 e. The number of nitrogens with one attached hydrogen (secondary N) is 3. The van der Waals surface area contributed by atoms with Crippen molar-refractivity contribution in [1.82, 2.24) is 10.2 Å². The first kappa shape index (κ1) is 14.3. The first-order chi connectivity index (χ1) is 10.6. The third-order valence-corrected chi connectivity index (χ3v) is 3.71. The monoisotopic (exact) mass is 298 g/mol. The molecule has 22 heavy (non-hydrogen) atoms. The number of carbonyl (C=O) groups is 2. The summed E-state index contributed by atoms with van der Waals surface area (Å²) in [5, 5.41) is 12.6. The molecule has 0 atom stereocenters. The van der Waals surface area contributed by atoms with Gasteiger partial charge >= 0.3 is 0 Å². The van der Waals surface area contributed by atoms with Gasteiger partial charge < -0.3 is 10.6 Å². The Morgan fingerprint density at radius 2 is 1.86 bits per heavy atom. The number of fused-ring (bicyclic) bond motifs is 1. The molecule has 0 saturated carbocycles. The third-order valence-electron chi connectivity index (χ3n) is 3.71. The number of benzene rings is 1. The molecule has 0 fully saturated rings. The van der Waals surface area contributed by atoms with Gasteiger partial charge in [-0.3, -0.25) is 14.7 Å². The fourth-order valence-corrected chi connectivity index (χ4v) is 2.74. The molecule has 1 aromatic heterocycles. The Kier molecular flexibility index (Phi) is 3.91. The number of aromatic nitrogens is 2. The van der Waals surface area contributed by atoms with Crippen LogP contribution >= 0.6 is 0 Å². The maximum Gasteiger partial charge on any atom is 0.276 e. The first-order valence-electron chi connectivity index (χ1n) is 7.38. The van der Waals surface area contributed by atoms with Gasteiger partial charge in [-0.05, 0) is 43.9 Å². The Labute approximate surface area is 128 Å². The fraction of sp³-hybridized carbons (Fsp3) is 0.312. The molecule has 0 saturated heterocycles. The molecule has 2 aromatic rings. The molecule has 6 nitrogen and oxygen atoms in total. The molecular weight excluding hydrogens is 280 g/mol. The number of hydrogen-bond donors (Lipinski definition) is 3. The Hall–Kier alpha value is -2.63. The van der Waals surface area contributed by atoms with Gasteiger partial charge in [-0.25, -0.2) is 0 Å². The molecule has 0 bridgehead atoms. The number of hydrogen-bond acceptors (Lipinski definition) is 3. The van der Waals surface area contributed by atoms with Gasteiger partial charge in [-0.1, -0.05) is 6.07 Å². The van der Waals surface area contributed by atoms with Crippen LogP contribution in [0.4, 0.5) is 11.4 Å². The van der Waals surface area contributed by atoms with Crippen LogP contribution in [-0.2, 0) is 17.6 Å². The van der Waals surface area contributed by atoms with Gasteiger partial charge in [-0.2, -0.15) is 5.10 Å². The number of carbonyl (C=O) groups excluding carboxylic acids is 2. The number of nitrogens with zero attached hydrogens (tertiary/aromatic N) is 1. The molecule has 1 aliphatic rings. The summed E-state index contributed by atoms with van der Waals surface area (Å²) in [6, 6.07) is 7.05. The van der Waals surface area contributed by atoms with Gasteiger partial charge in [0.25, 0.3) is 5.91 Å². The maximum absolute atomic E-state index is 12.4. The average molecular weight is 298 g/mol. The first-order valence-corrected chi connectivity index (χ1v) is 7.38. The van der Waals surface area contributed by atoms with E-state index in [0.29, 0.717) is 17.1 Å². The van der Waals surface area contributed by atoms with Crippen molar-refractivity contribution in [2.24, 2.45) is 0 Å². The van der Waals surface area contributed by atoms with E-state index in [1.807, 2.05) is 0 Å². The molecule has 0 unspecified atom stereocenters. The Bertz CT molecular complexity index is 721. The quantitative estimate of drug-likeness (QED) is 0.813. The van der Waals surface area contributed by atoms with Gasteiger partial charge in [0.05, 0.1) is 0 Å². The van der Waals surface area contributed by atoms with E-state index in [9.17, 15) is 9.59 Å². The van der Waals surface area contributed by atoms with Crippen molar-refractivity contribution in [2.45, 2.75) is 32.6 Å². The highest BCUT2D eigenvalue weighted by Crippen LogP contribution is 2.23. The van der Waals surface area contributed by atoms with Crippen molar-refractivity contribution in [3.05, 3.63) is 41.2 Å². The van der Waals surface area contributed by atoms with E-state index >= 15 is 0 Å². The molecule has 0 aliphatic heterocycles. The molecule has 1 heterocycles. The van der Waals surface area contributed by atoms with E-state index in [0.717, 1.165) is 36.9 Å². The van der Waals surface area contributed by atoms with Crippen molar-refractivity contribution in [3.8, 4) is 0 Å². The van der Waals surface area contributed by atoms with E-state index in [1.165, 1.54) is 6.92 Å². The molecule has 114 valence electrons. The molecule has 6 heteroatoms. The van der Waals surface area contributed by atoms with Crippen molar-refractivity contribution in [1.29, 1.82) is 0 Å². The van der Waals surface area contributed by atoms with Crippen LogP contribution in [0.2, 0.25) is 0 Å². The zero-order valence-electron chi connectivity index (χ0n) is 12.4. The van der Waals surface area contributed by atoms with Crippen LogP contribution in [0.25, 0.3) is 0 Å². The summed E-state index contributed by atoms with van der Waals surface area (Å²) in [7, 11) is 0. The summed E-state index contributed by atoms with van der Waals surface area (Å²) < 4.78 is 0. The second-order valence-corrected chi connectivity index (χ2v) is 5.45. The topological polar surface area (TPSA) is 86.9 Å². The minimum Gasteiger partial charge on any atom is -0.326 e. The number of amides is 2. The molecule has 2 amide bonds. The zero-order valence-corrected chi connectivity index (χ0v) is 12.4. The van der Waals surface area contributed by atoms with E-state index in [4.69, 9.17) is 0 Å². The molecule has 0 radical (unpaired) electrons. The van der Waals surface area contributed by atoms with Gasteiger partial charge in [0.15, 0.2) is 5.69 Å². The lowest BCUT2D eigenvalue weighted by Gasteiger charge is -2.11. The SMILES string of the molecule is CC(=O)Nc1cccc(NC(=O)c2n[nH]c3c2CCCC3)c1. The van der Waals surface area contributed by atoms with Crippen LogP contribution in [0.1, 0.15) is 41.5 Å². The van der Waals surface area contributed by atoms with Gasteiger partial charge in [-0.15, -0.1) is 0 Å². The van der Waals surface area contributed by atoms with Gasteiger partial charge in [0.1, 0.15) is 0 Å². The summed E-state index contributed by atoms with van der Waals surface area (Å²) >= 11 is 0. The summed E-state index contributed by atoms with van der Waals surface area (Å²) in [6.45, 7) is 1.45. The van der Waals surface area contributed by atoms with Gasteiger partial charge in [0.2, 0.25) is 5.91 Å². The summed E-state index contributed by atoms with van der Waals surface area (Å²) in [5.74, 6) is -0.371. The highest BCUT2D eigenvalue weighted by molar-refractivity contribution is 6.04. The van der Waals surface area contributed by atoms with Crippen molar-refractivity contribution >= 4 is 23.2 Å².